The molecule has 0 aliphatic rings. The molecule has 1 amide bonds. The van der Waals surface area contributed by atoms with Crippen molar-refractivity contribution < 1.29 is 9.53 Å². The number of rotatable bonds is 9. The van der Waals surface area contributed by atoms with Gasteiger partial charge in [0, 0.05) is 23.9 Å². The van der Waals surface area contributed by atoms with Gasteiger partial charge in [-0.1, -0.05) is 6.42 Å². The summed E-state index contributed by atoms with van der Waals surface area (Å²) < 4.78 is 5.39. The maximum absolute atomic E-state index is 12.0. The minimum atomic E-state index is -0.0943. The highest BCUT2D eigenvalue weighted by Gasteiger charge is 2.08. The molecule has 0 bridgehead atoms. The molecule has 0 aliphatic carbocycles. The number of nitrogens with one attached hydrogen (secondary N) is 1. The Hall–Kier alpha value is -1.36. The van der Waals surface area contributed by atoms with Crippen molar-refractivity contribution in [1.29, 1.82) is 0 Å². The summed E-state index contributed by atoms with van der Waals surface area (Å²) in [6, 6.07) is 5.12. The second kappa shape index (κ2) is 9.53. The van der Waals surface area contributed by atoms with Crippen LogP contribution in [-0.2, 0) is 0 Å². The second-order valence-electron chi connectivity index (χ2n) is 4.53. The van der Waals surface area contributed by atoms with Gasteiger partial charge in [0.1, 0.15) is 5.75 Å². The third kappa shape index (κ3) is 6.19. The van der Waals surface area contributed by atoms with Crippen LogP contribution in [0.15, 0.2) is 18.2 Å². The van der Waals surface area contributed by atoms with Gasteiger partial charge >= 0.3 is 0 Å². The zero-order chi connectivity index (χ0) is 14.8. The maximum Gasteiger partial charge on any atom is 0.251 e. The van der Waals surface area contributed by atoms with Crippen LogP contribution < -0.4 is 15.8 Å². The molecule has 0 saturated heterocycles. The van der Waals surface area contributed by atoms with E-state index in [-0.39, 0.29) is 5.91 Å². The Kier molecular flexibility index (Phi) is 7.95. The number of carbonyl (C=O) groups excluding carboxylic acids is 1. The fourth-order valence-electron chi connectivity index (χ4n) is 1.86. The molecule has 4 nitrogen and oxygen atoms in total. The predicted octanol–water partition coefficient (Wildman–Crippen LogP) is 2.93. The monoisotopic (exact) mass is 296 g/mol. The molecule has 1 aromatic rings. The molecular weight excluding hydrogens is 272 g/mol. The number of thioether (sulfide) groups is 1. The van der Waals surface area contributed by atoms with Crippen molar-refractivity contribution in [3.63, 3.8) is 0 Å². The van der Waals surface area contributed by atoms with Crippen LogP contribution in [0.2, 0.25) is 0 Å². The molecular formula is C15H24N2O2S. The lowest BCUT2D eigenvalue weighted by Crippen LogP contribution is -2.24. The van der Waals surface area contributed by atoms with E-state index in [1.807, 2.05) is 18.7 Å². The van der Waals surface area contributed by atoms with Gasteiger partial charge in [0.05, 0.1) is 6.61 Å². The van der Waals surface area contributed by atoms with Crippen molar-refractivity contribution in [1.82, 2.24) is 5.32 Å². The smallest absolute Gasteiger partial charge is 0.251 e. The van der Waals surface area contributed by atoms with Crippen molar-refractivity contribution in [2.75, 3.05) is 30.9 Å². The van der Waals surface area contributed by atoms with Crippen molar-refractivity contribution in [3.8, 4) is 5.75 Å². The second-order valence-corrected chi connectivity index (χ2v) is 5.52. The van der Waals surface area contributed by atoms with E-state index >= 15 is 0 Å². The SMILES string of the molecule is CCOc1cc(N)cc(C(=O)NCCCCCSC)c1. The maximum atomic E-state index is 12.0. The Morgan fingerprint density at radius 3 is 2.80 bits per heavy atom. The fraction of sp³-hybridized carbons (Fsp3) is 0.533. The zero-order valence-electron chi connectivity index (χ0n) is 12.3. The van der Waals surface area contributed by atoms with Crippen LogP contribution in [0.4, 0.5) is 5.69 Å². The first-order chi connectivity index (χ1) is 9.67. The number of amides is 1. The topological polar surface area (TPSA) is 64.3 Å². The van der Waals surface area contributed by atoms with Gasteiger partial charge in [-0.2, -0.15) is 11.8 Å². The number of nitrogens with two attached hydrogens (primary N) is 1. The predicted molar refractivity (Wildman–Crippen MR) is 86.6 cm³/mol. The molecule has 0 radical (unpaired) electrons. The number of anilines is 1. The molecule has 0 heterocycles. The first-order valence-corrected chi connectivity index (χ1v) is 8.37. The summed E-state index contributed by atoms with van der Waals surface area (Å²) in [6.07, 6.45) is 5.45. The average molecular weight is 296 g/mol. The molecule has 0 fully saturated rings. The molecule has 3 N–H and O–H groups in total. The Morgan fingerprint density at radius 2 is 2.10 bits per heavy atom. The average Bonchev–Trinajstić information content (AvgIpc) is 2.42. The lowest BCUT2D eigenvalue weighted by molar-refractivity contribution is 0.0952. The summed E-state index contributed by atoms with van der Waals surface area (Å²) in [5.41, 5.74) is 6.87. The fourth-order valence-corrected chi connectivity index (χ4v) is 2.35. The normalized spacial score (nSPS) is 10.3. The Balaban J connectivity index is 2.42. The molecule has 0 spiro atoms. The quantitative estimate of drug-likeness (QED) is 0.543. The van der Waals surface area contributed by atoms with Crippen LogP contribution in [0.5, 0.6) is 5.75 Å². The molecule has 20 heavy (non-hydrogen) atoms. The number of hydrogen-bond donors (Lipinski definition) is 2. The van der Waals surface area contributed by atoms with Gasteiger partial charge in [-0.25, -0.2) is 0 Å². The van der Waals surface area contributed by atoms with Gasteiger partial charge in [-0.3, -0.25) is 4.79 Å². The number of hydrogen-bond acceptors (Lipinski definition) is 4. The van der Waals surface area contributed by atoms with Crippen LogP contribution in [0.3, 0.4) is 0 Å². The Labute approximate surface area is 125 Å². The van der Waals surface area contributed by atoms with Gasteiger partial charge in [0.2, 0.25) is 0 Å². The summed E-state index contributed by atoms with van der Waals surface area (Å²) in [5.74, 6) is 1.72. The van der Waals surface area contributed by atoms with E-state index in [0.29, 0.717) is 30.2 Å². The third-order valence-corrected chi connectivity index (χ3v) is 3.51. The van der Waals surface area contributed by atoms with E-state index in [2.05, 4.69) is 11.6 Å². The van der Waals surface area contributed by atoms with Crippen LogP contribution in [-0.4, -0.2) is 31.1 Å². The minimum Gasteiger partial charge on any atom is -0.494 e. The first kappa shape index (κ1) is 16.7. The molecule has 0 aromatic heterocycles. The van der Waals surface area contributed by atoms with Gasteiger partial charge in [0.25, 0.3) is 5.91 Å². The standard InChI is InChI=1S/C15H24N2O2S/c1-3-19-14-10-12(9-13(16)11-14)15(18)17-7-5-4-6-8-20-2/h9-11H,3-8,16H2,1-2H3,(H,17,18). The molecule has 1 rings (SSSR count). The van der Waals surface area contributed by atoms with Crippen LogP contribution >= 0.6 is 11.8 Å². The molecule has 0 atom stereocenters. The number of benzene rings is 1. The Morgan fingerprint density at radius 1 is 1.30 bits per heavy atom. The molecule has 1 aromatic carbocycles. The van der Waals surface area contributed by atoms with E-state index in [4.69, 9.17) is 10.5 Å². The highest BCUT2D eigenvalue weighted by atomic mass is 32.2. The van der Waals surface area contributed by atoms with Crippen molar-refractivity contribution in [2.24, 2.45) is 0 Å². The minimum absolute atomic E-state index is 0.0943. The summed E-state index contributed by atoms with van der Waals surface area (Å²) >= 11 is 1.86. The summed E-state index contributed by atoms with van der Waals surface area (Å²) in [5, 5.41) is 2.92. The van der Waals surface area contributed by atoms with E-state index in [9.17, 15) is 4.79 Å². The lowest BCUT2D eigenvalue weighted by atomic mass is 10.1. The van der Waals surface area contributed by atoms with Crippen LogP contribution in [0.1, 0.15) is 36.5 Å². The largest absolute Gasteiger partial charge is 0.494 e. The van der Waals surface area contributed by atoms with Gasteiger partial charge in [-0.05, 0) is 43.9 Å². The molecule has 112 valence electrons. The summed E-state index contributed by atoms with van der Waals surface area (Å²) in [4.78, 5) is 12.0. The van der Waals surface area contributed by atoms with E-state index in [1.165, 1.54) is 12.2 Å². The van der Waals surface area contributed by atoms with Crippen LogP contribution in [0.25, 0.3) is 0 Å². The van der Waals surface area contributed by atoms with E-state index < -0.39 is 0 Å². The van der Waals surface area contributed by atoms with Gasteiger partial charge in [-0.15, -0.1) is 0 Å². The summed E-state index contributed by atoms with van der Waals surface area (Å²) in [6.45, 7) is 3.16. The molecule has 0 unspecified atom stereocenters. The lowest BCUT2D eigenvalue weighted by Gasteiger charge is -2.09. The number of unbranched alkanes of at least 4 members (excludes halogenated alkanes) is 2. The highest BCUT2D eigenvalue weighted by Crippen LogP contribution is 2.18. The molecule has 5 heteroatoms. The van der Waals surface area contributed by atoms with E-state index in [0.717, 1.165) is 12.8 Å². The zero-order valence-corrected chi connectivity index (χ0v) is 13.1. The van der Waals surface area contributed by atoms with Crippen molar-refractivity contribution >= 4 is 23.4 Å². The Bertz CT molecular complexity index is 424. The number of ether oxygens (including phenoxy) is 1. The van der Waals surface area contributed by atoms with Crippen molar-refractivity contribution in [3.05, 3.63) is 23.8 Å². The summed E-state index contributed by atoms with van der Waals surface area (Å²) in [7, 11) is 0. The first-order valence-electron chi connectivity index (χ1n) is 6.98. The van der Waals surface area contributed by atoms with Crippen LogP contribution in [0, 0.1) is 0 Å². The third-order valence-electron chi connectivity index (χ3n) is 2.81. The number of carbonyl (C=O) groups is 1. The van der Waals surface area contributed by atoms with Crippen molar-refractivity contribution in [2.45, 2.75) is 26.2 Å². The molecule has 0 saturated carbocycles. The molecule has 0 aliphatic heterocycles. The number of nitrogen functional groups attached to an aromatic ring is 1. The van der Waals surface area contributed by atoms with E-state index in [1.54, 1.807) is 18.2 Å². The van der Waals surface area contributed by atoms with Gasteiger partial charge < -0.3 is 15.8 Å². The highest BCUT2D eigenvalue weighted by molar-refractivity contribution is 7.98. The van der Waals surface area contributed by atoms with Gasteiger partial charge in [0.15, 0.2) is 0 Å².